The number of aliphatic imine (C=N–C) groups is 1. The van der Waals surface area contributed by atoms with Gasteiger partial charge in [0.1, 0.15) is 23.2 Å². The monoisotopic (exact) mass is 705 g/mol. The van der Waals surface area contributed by atoms with E-state index in [0.29, 0.717) is 38.0 Å². The Hall–Kier alpha value is -4.71. The maximum Gasteiger partial charge on any atom is 0.407 e. The molecule has 12 heteroatoms. The lowest BCUT2D eigenvalue weighted by molar-refractivity contribution is -0.134. The van der Waals surface area contributed by atoms with E-state index < -0.39 is 17.7 Å². The number of nitrogens with zero attached hydrogens (tertiary/aromatic N) is 4. The zero-order valence-corrected chi connectivity index (χ0v) is 30.2. The van der Waals surface area contributed by atoms with Crippen molar-refractivity contribution < 1.29 is 23.9 Å². The molecule has 5 heterocycles. The van der Waals surface area contributed by atoms with Gasteiger partial charge in [0.25, 0.3) is 0 Å². The average Bonchev–Trinajstić information content (AvgIpc) is 3.95. The molecule has 3 N–H and O–H groups in total. The second kappa shape index (κ2) is 12.8. The van der Waals surface area contributed by atoms with Crippen molar-refractivity contribution in [1.29, 1.82) is 0 Å². The van der Waals surface area contributed by atoms with Crippen molar-refractivity contribution in [3.63, 3.8) is 0 Å². The number of hydrogen-bond acceptors (Lipinski definition) is 8. The Morgan fingerprint density at radius 3 is 2.56 bits per heavy atom. The number of rotatable bonds is 7. The van der Waals surface area contributed by atoms with Gasteiger partial charge in [-0.3, -0.25) is 14.6 Å². The van der Waals surface area contributed by atoms with Gasteiger partial charge in [0.05, 0.1) is 44.3 Å². The number of H-pyrrole nitrogens is 1. The van der Waals surface area contributed by atoms with Crippen LogP contribution in [0.25, 0.3) is 22.4 Å². The minimum atomic E-state index is -0.693. The van der Waals surface area contributed by atoms with Crippen LogP contribution in [-0.2, 0) is 31.0 Å². The smallest absolute Gasteiger partial charge is 0.407 e. The molecule has 1 spiro atoms. The van der Waals surface area contributed by atoms with Gasteiger partial charge in [-0.25, -0.2) is 9.78 Å². The number of anilines is 1. The Kier molecular flexibility index (Phi) is 8.13. The van der Waals surface area contributed by atoms with Crippen molar-refractivity contribution in [3.8, 4) is 22.4 Å². The van der Waals surface area contributed by atoms with Crippen LogP contribution in [0.5, 0.6) is 0 Å². The lowest BCUT2D eigenvalue weighted by atomic mass is 9.73. The molecule has 12 nitrogen and oxygen atoms in total. The number of likely N-dealkylation sites (tertiary alicyclic amines) is 2. The van der Waals surface area contributed by atoms with Crippen molar-refractivity contribution in [1.82, 2.24) is 25.1 Å². The van der Waals surface area contributed by atoms with Crippen LogP contribution in [0.1, 0.15) is 93.3 Å². The van der Waals surface area contributed by atoms with E-state index in [1.54, 1.807) is 6.92 Å². The molecule has 3 amide bonds. The Balaban J connectivity index is 1.03. The lowest BCUT2D eigenvalue weighted by Gasteiger charge is -2.44. The van der Waals surface area contributed by atoms with Gasteiger partial charge in [-0.2, -0.15) is 0 Å². The summed E-state index contributed by atoms with van der Waals surface area (Å²) >= 11 is 0. The summed E-state index contributed by atoms with van der Waals surface area (Å²) in [6, 6.07) is 10.4. The summed E-state index contributed by atoms with van der Waals surface area (Å²) in [5.41, 5.74) is 9.28. The molecule has 5 unspecified atom stereocenters. The van der Waals surface area contributed by atoms with E-state index in [1.807, 2.05) is 22.9 Å². The third-order valence-corrected chi connectivity index (χ3v) is 12.5. The second-order valence-electron chi connectivity index (χ2n) is 15.4. The number of aromatic nitrogens is 2. The zero-order chi connectivity index (χ0) is 35.7. The standard InChI is InChI=1S/C40H47N7O5/c1-4-34(48)46-15-5-8-33(46)37-43-30-18-24(10-14-29(30)40(45-37)20-52-21-40)25-12-13-27(35-26-11-9-23(26)17-28(25)35)31-19-41-36(44-31)32-7-6-16-47(32)38(49)22(2)42-39(50)51-3/h10,12-14,18-19,22-23,26,32-33H,4-9,11,15-17,20-21H2,1-3H3,(H,41,44)(H,42,50)(H,43,45). The molecule has 2 aromatic carbocycles. The van der Waals surface area contributed by atoms with E-state index in [-0.39, 0.29) is 23.9 Å². The number of fused-ring (bicyclic) bond motifs is 5. The topological polar surface area (TPSA) is 141 Å². The lowest BCUT2D eigenvalue weighted by Crippen LogP contribution is -2.52. The number of hydrogen-bond donors (Lipinski definition) is 3. The van der Waals surface area contributed by atoms with E-state index in [2.05, 4.69) is 45.9 Å². The van der Waals surface area contributed by atoms with Crippen molar-refractivity contribution in [2.45, 2.75) is 94.8 Å². The Morgan fingerprint density at radius 2 is 1.83 bits per heavy atom. The number of alkyl carbamates (subject to hydrolysis) is 1. The van der Waals surface area contributed by atoms with Crippen molar-refractivity contribution in [3.05, 3.63) is 59.0 Å². The number of carbonyl (C=O) groups is 3. The van der Waals surface area contributed by atoms with Gasteiger partial charge >= 0.3 is 6.09 Å². The number of carbonyl (C=O) groups excluding carboxylic acids is 3. The maximum absolute atomic E-state index is 13.3. The van der Waals surface area contributed by atoms with E-state index >= 15 is 0 Å². The number of nitrogens with one attached hydrogen (secondary N) is 3. The highest BCUT2D eigenvalue weighted by Gasteiger charge is 2.47. The second-order valence-corrected chi connectivity index (χ2v) is 15.4. The van der Waals surface area contributed by atoms with Gasteiger partial charge in [0, 0.05) is 36.3 Å². The zero-order valence-electron chi connectivity index (χ0n) is 30.2. The Morgan fingerprint density at radius 1 is 1.04 bits per heavy atom. The molecule has 3 saturated heterocycles. The quantitative estimate of drug-likeness (QED) is 0.289. The van der Waals surface area contributed by atoms with Crippen molar-refractivity contribution in [2.75, 3.05) is 38.7 Å². The van der Waals surface area contributed by atoms with Crippen LogP contribution in [0.2, 0.25) is 0 Å². The molecule has 1 saturated carbocycles. The van der Waals surface area contributed by atoms with Crippen molar-refractivity contribution in [2.24, 2.45) is 10.9 Å². The van der Waals surface area contributed by atoms with Gasteiger partial charge in [0.2, 0.25) is 11.8 Å². The van der Waals surface area contributed by atoms with Gasteiger partial charge in [0.15, 0.2) is 0 Å². The fourth-order valence-corrected chi connectivity index (χ4v) is 9.68. The number of ether oxygens (including phenoxy) is 2. The summed E-state index contributed by atoms with van der Waals surface area (Å²) in [4.78, 5) is 55.5. The summed E-state index contributed by atoms with van der Waals surface area (Å²) in [7, 11) is 1.29. The van der Waals surface area contributed by atoms with Crippen LogP contribution in [0.15, 0.2) is 41.5 Å². The van der Waals surface area contributed by atoms with Crippen molar-refractivity contribution >= 4 is 29.4 Å². The third kappa shape index (κ3) is 5.23. The summed E-state index contributed by atoms with van der Waals surface area (Å²) in [5.74, 6) is 2.88. The van der Waals surface area contributed by atoms with Crippen LogP contribution in [0, 0.1) is 5.92 Å². The molecule has 4 fully saturated rings. The average molecular weight is 706 g/mol. The first-order chi connectivity index (χ1) is 25.3. The molecule has 6 aliphatic rings. The SMILES string of the molecule is CCC(=O)N1CCCC1C1=NC2(COC2)c2ccc(-c3ccc(-c4cnc(C5CCCN5C(=O)C(C)NC(=O)OC)[nH]4)c4c3CC3CCC43)cc2N1. The fourth-order valence-electron chi connectivity index (χ4n) is 9.68. The number of amidine groups is 1. The van der Waals surface area contributed by atoms with Gasteiger partial charge in [-0.05, 0) is 92.0 Å². The summed E-state index contributed by atoms with van der Waals surface area (Å²) < 4.78 is 10.5. The van der Waals surface area contributed by atoms with E-state index in [9.17, 15) is 14.4 Å². The van der Waals surface area contributed by atoms with Crippen LogP contribution in [0.4, 0.5) is 10.5 Å². The normalized spacial score (nSPS) is 25.6. The summed E-state index contributed by atoms with van der Waals surface area (Å²) in [5, 5.41) is 6.32. The number of benzene rings is 2. The molecule has 0 radical (unpaired) electrons. The van der Waals surface area contributed by atoms with Gasteiger partial charge < -0.3 is 34.9 Å². The van der Waals surface area contributed by atoms with Crippen LogP contribution < -0.4 is 10.6 Å². The molecule has 3 aromatic rings. The molecule has 1 aromatic heterocycles. The maximum atomic E-state index is 13.3. The predicted molar refractivity (Wildman–Crippen MR) is 196 cm³/mol. The summed E-state index contributed by atoms with van der Waals surface area (Å²) in [6.45, 7) is 6.11. The third-order valence-electron chi connectivity index (χ3n) is 12.5. The van der Waals surface area contributed by atoms with E-state index in [1.165, 1.54) is 47.8 Å². The molecular formula is C40H47N7O5. The molecule has 4 aliphatic heterocycles. The minimum Gasteiger partial charge on any atom is -0.453 e. The molecular weight excluding hydrogens is 658 g/mol. The molecule has 0 bridgehead atoms. The highest BCUT2D eigenvalue weighted by Crippen LogP contribution is 2.56. The molecule has 272 valence electrons. The van der Waals surface area contributed by atoms with Crippen LogP contribution >= 0.6 is 0 Å². The van der Waals surface area contributed by atoms with Gasteiger partial charge in [-0.15, -0.1) is 0 Å². The molecule has 5 atom stereocenters. The first-order valence-electron chi connectivity index (χ1n) is 19.0. The summed E-state index contributed by atoms with van der Waals surface area (Å²) in [6.07, 6.45) is 8.87. The number of amides is 3. The first kappa shape index (κ1) is 33.1. The largest absolute Gasteiger partial charge is 0.453 e. The molecule has 52 heavy (non-hydrogen) atoms. The Bertz CT molecular complexity index is 1980. The molecule has 2 aliphatic carbocycles. The minimum absolute atomic E-state index is 0.0328. The fraction of sp³-hybridized carbons (Fsp3) is 0.525. The Labute approximate surface area is 303 Å². The van der Waals surface area contributed by atoms with E-state index in [0.717, 1.165) is 67.3 Å². The predicted octanol–water partition coefficient (Wildman–Crippen LogP) is 5.65. The number of methoxy groups -OCH3 is 1. The first-order valence-corrected chi connectivity index (χ1v) is 19.0. The number of aromatic amines is 1. The van der Waals surface area contributed by atoms with Crippen LogP contribution in [-0.4, -0.2) is 89.0 Å². The van der Waals surface area contributed by atoms with Gasteiger partial charge in [-0.1, -0.05) is 31.2 Å². The highest BCUT2D eigenvalue weighted by molar-refractivity contribution is 6.04. The molecule has 9 rings (SSSR count). The van der Waals surface area contributed by atoms with E-state index in [4.69, 9.17) is 19.5 Å². The highest BCUT2D eigenvalue weighted by atomic mass is 16.5. The van der Waals surface area contributed by atoms with Crippen LogP contribution in [0.3, 0.4) is 0 Å². The number of imidazole rings is 1.